The third-order valence-electron chi connectivity index (χ3n) is 2.46. The first-order valence-electron chi connectivity index (χ1n) is 6.57. The monoisotopic (exact) mass is 300 g/mol. The molecule has 0 aliphatic rings. The van der Waals surface area contributed by atoms with Crippen LogP contribution in [0.2, 0.25) is 5.02 Å². The van der Waals surface area contributed by atoms with Gasteiger partial charge in [0.25, 0.3) is 0 Å². The first-order chi connectivity index (χ1) is 9.45. The highest BCUT2D eigenvalue weighted by atomic mass is 35.5. The minimum absolute atomic E-state index is 0.156. The lowest BCUT2D eigenvalue weighted by atomic mass is 10.1. The smallest absolute Gasteiger partial charge is 0.340 e. The third-order valence-corrected chi connectivity index (χ3v) is 2.76. The van der Waals surface area contributed by atoms with E-state index >= 15 is 0 Å². The molecule has 5 nitrogen and oxygen atoms in total. The van der Waals surface area contributed by atoms with Gasteiger partial charge in [0, 0.05) is 12.2 Å². The van der Waals surface area contributed by atoms with Gasteiger partial charge in [0.1, 0.15) is 0 Å². The number of carbonyl (C=O) groups is 1. The molecule has 0 spiro atoms. The van der Waals surface area contributed by atoms with E-state index < -0.39 is 5.97 Å². The Kier molecular flexibility index (Phi) is 6.61. The van der Waals surface area contributed by atoms with Crippen LogP contribution in [0.15, 0.2) is 12.1 Å². The molecule has 20 heavy (non-hydrogen) atoms. The second-order valence-electron chi connectivity index (χ2n) is 4.49. The molecule has 0 bridgehead atoms. The molecular formula is C14H21ClN2O3. The lowest BCUT2D eigenvalue weighted by molar-refractivity contribution is 0.0527. The predicted molar refractivity (Wildman–Crippen MR) is 81.4 cm³/mol. The molecule has 0 unspecified atom stereocenters. The molecule has 0 saturated carbocycles. The molecule has 0 radical (unpaired) electrons. The number of esters is 1. The van der Waals surface area contributed by atoms with E-state index in [1.807, 2.05) is 13.8 Å². The Morgan fingerprint density at radius 3 is 2.75 bits per heavy atom. The van der Waals surface area contributed by atoms with Crippen LogP contribution in [0.3, 0.4) is 0 Å². The molecule has 0 atom stereocenters. The summed E-state index contributed by atoms with van der Waals surface area (Å²) >= 11 is 6.13. The Hall–Kier alpha value is -1.46. The van der Waals surface area contributed by atoms with Crippen molar-refractivity contribution in [1.82, 2.24) is 0 Å². The van der Waals surface area contributed by atoms with E-state index in [-0.39, 0.29) is 6.10 Å². The second kappa shape index (κ2) is 7.97. The molecule has 0 saturated heterocycles. The number of carbonyl (C=O) groups excluding carboxylic acids is 1. The third kappa shape index (κ3) is 4.90. The van der Waals surface area contributed by atoms with Crippen molar-refractivity contribution in [3.63, 3.8) is 0 Å². The maximum atomic E-state index is 11.9. The van der Waals surface area contributed by atoms with Gasteiger partial charge in [0.15, 0.2) is 0 Å². The summed E-state index contributed by atoms with van der Waals surface area (Å²) in [5.74, 6) is -0.450. The Morgan fingerprint density at radius 1 is 1.45 bits per heavy atom. The van der Waals surface area contributed by atoms with Crippen LogP contribution >= 0.6 is 11.6 Å². The molecule has 3 N–H and O–H groups in total. The average Bonchev–Trinajstić information content (AvgIpc) is 2.35. The van der Waals surface area contributed by atoms with Gasteiger partial charge < -0.3 is 20.5 Å². The number of hydrogen-bond acceptors (Lipinski definition) is 5. The molecule has 0 heterocycles. The molecule has 0 amide bonds. The summed E-state index contributed by atoms with van der Waals surface area (Å²) in [4.78, 5) is 11.9. The topological polar surface area (TPSA) is 73.6 Å². The summed E-state index contributed by atoms with van der Waals surface area (Å²) in [6, 6.07) is 3.14. The summed E-state index contributed by atoms with van der Waals surface area (Å²) in [6.45, 7) is 7.01. The van der Waals surface area contributed by atoms with Crippen LogP contribution in [0, 0.1) is 0 Å². The highest BCUT2D eigenvalue weighted by Crippen LogP contribution is 2.29. The van der Waals surface area contributed by atoms with E-state index in [4.69, 9.17) is 26.8 Å². The largest absolute Gasteiger partial charge is 0.462 e. The van der Waals surface area contributed by atoms with E-state index in [0.717, 1.165) is 0 Å². The molecule has 1 rings (SSSR count). The van der Waals surface area contributed by atoms with Crippen molar-refractivity contribution in [2.45, 2.75) is 26.9 Å². The standard InChI is InChI=1S/C14H21ClN2O3/c1-4-19-14(18)11-7-10(16)8-12(15)13(11)17-5-6-20-9(2)3/h7-9,17H,4-6,16H2,1-3H3. The first-order valence-corrected chi connectivity index (χ1v) is 6.95. The van der Waals surface area contributed by atoms with E-state index in [1.165, 1.54) is 0 Å². The van der Waals surface area contributed by atoms with E-state index in [2.05, 4.69) is 5.32 Å². The number of nitrogens with two attached hydrogens (primary N) is 1. The molecule has 1 aromatic rings. The van der Waals surface area contributed by atoms with Crippen LogP contribution in [0.1, 0.15) is 31.1 Å². The highest BCUT2D eigenvalue weighted by Gasteiger charge is 2.16. The van der Waals surface area contributed by atoms with Crippen molar-refractivity contribution in [2.75, 3.05) is 30.8 Å². The van der Waals surface area contributed by atoms with Crippen molar-refractivity contribution >= 4 is 28.9 Å². The molecular weight excluding hydrogens is 280 g/mol. The predicted octanol–water partition coefficient (Wildman–Crippen LogP) is 2.94. The Labute approximate surface area is 124 Å². The maximum absolute atomic E-state index is 11.9. The van der Waals surface area contributed by atoms with Crippen LogP contribution in [0.4, 0.5) is 11.4 Å². The molecule has 0 aromatic heterocycles. The zero-order valence-corrected chi connectivity index (χ0v) is 12.8. The van der Waals surface area contributed by atoms with Crippen LogP contribution in [0.5, 0.6) is 0 Å². The Bertz CT molecular complexity index is 464. The summed E-state index contributed by atoms with van der Waals surface area (Å²) in [6.07, 6.45) is 0.156. The minimum atomic E-state index is -0.450. The first kappa shape index (κ1) is 16.6. The molecule has 6 heteroatoms. The summed E-state index contributed by atoms with van der Waals surface area (Å²) in [7, 11) is 0. The lowest BCUT2D eigenvalue weighted by Crippen LogP contribution is -2.16. The second-order valence-corrected chi connectivity index (χ2v) is 4.90. The van der Waals surface area contributed by atoms with E-state index in [9.17, 15) is 4.79 Å². The van der Waals surface area contributed by atoms with Gasteiger partial charge in [-0.05, 0) is 32.9 Å². The lowest BCUT2D eigenvalue weighted by Gasteiger charge is -2.15. The molecule has 0 aliphatic carbocycles. The normalized spacial score (nSPS) is 10.7. The number of nitrogens with one attached hydrogen (secondary N) is 1. The summed E-state index contributed by atoms with van der Waals surface area (Å²) < 4.78 is 10.4. The number of benzene rings is 1. The minimum Gasteiger partial charge on any atom is -0.462 e. The number of hydrogen-bond donors (Lipinski definition) is 2. The average molecular weight is 301 g/mol. The van der Waals surface area contributed by atoms with Crippen LogP contribution in [0.25, 0.3) is 0 Å². The van der Waals surface area contributed by atoms with Crippen molar-refractivity contribution in [3.05, 3.63) is 22.7 Å². The number of rotatable bonds is 7. The number of halogens is 1. The van der Waals surface area contributed by atoms with Crippen LogP contribution in [-0.4, -0.2) is 31.8 Å². The van der Waals surface area contributed by atoms with Crippen molar-refractivity contribution in [2.24, 2.45) is 0 Å². The van der Waals surface area contributed by atoms with Gasteiger partial charge >= 0.3 is 5.97 Å². The molecule has 112 valence electrons. The highest BCUT2D eigenvalue weighted by molar-refractivity contribution is 6.34. The maximum Gasteiger partial charge on any atom is 0.340 e. The van der Waals surface area contributed by atoms with Gasteiger partial charge in [-0.2, -0.15) is 0 Å². The van der Waals surface area contributed by atoms with Gasteiger partial charge in [-0.3, -0.25) is 0 Å². The van der Waals surface area contributed by atoms with Crippen molar-refractivity contribution < 1.29 is 14.3 Å². The number of ether oxygens (including phenoxy) is 2. The van der Waals surface area contributed by atoms with Crippen LogP contribution < -0.4 is 11.1 Å². The molecule has 0 aliphatic heterocycles. The summed E-state index contributed by atoms with van der Waals surface area (Å²) in [5, 5.41) is 3.48. The van der Waals surface area contributed by atoms with Crippen LogP contribution in [-0.2, 0) is 9.47 Å². The fourth-order valence-corrected chi connectivity index (χ4v) is 1.94. The van der Waals surface area contributed by atoms with Crippen molar-refractivity contribution in [3.8, 4) is 0 Å². The quantitative estimate of drug-likeness (QED) is 0.460. The molecule has 0 fully saturated rings. The fraction of sp³-hybridized carbons (Fsp3) is 0.500. The molecule has 1 aromatic carbocycles. The zero-order valence-electron chi connectivity index (χ0n) is 12.0. The fourth-order valence-electron chi connectivity index (χ4n) is 1.65. The number of nitrogen functional groups attached to an aromatic ring is 1. The summed E-state index contributed by atoms with van der Waals surface area (Å²) in [5.41, 5.74) is 6.99. The Balaban J connectivity index is 2.84. The van der Waals surface area contributed by atoms with E-state index in [1.54, 1.807) is 19.1 Å². The van der Waals surface area contributed by atoms with Gasteiger partial charge in [-0.1, -0.05) is 11.6 Å². The van der Waals surface area contributed by atoms with Gasteiger partial charge in [0.05, 0.1) is 35.6 Å². The van der Waals surface area contributed by atoms with Gasteiger partial charge in [-0.15, -0.1) is 0 Å². The van der Waals surface area contributed by atoms with Gasteiger partial charge in [-0.25, -0.2) is 4.79 Å². The van der Waals surface area contributed by atoms with Crippen molar-refractivity contribution in [1.29, 1.82) is 0 Å². The van der Waals surface area contributed by atoms with E-state index in [0.29, 0.717) is 41.7 Å². The van der Waals surface area contributed by atoms with Gasteiger partial charge in [0.2, 0.25) is 0 Å². The number of anilines is 2. The zero-order chi connectivity index (χ0) is 15.1. The SMILES string of the molecule is CCOC(=O)c1cc(N)cc(Cl)c1NCCOC(C)C. The Morgan fingerprint density at radius 2 is 2.15 bits per heavy atom.